The van der Waals surface area contributed by atoms with Crippen LogP contribution in [0, 0.1) is 5.41 Å². The summed E-state index contributed by atoms with van der Waals surface area (Å²) < 4.78 is 11.7. The molecule has 5 nitrogen and oxygen atoms in total. The third-order valence-corrected chi connectivity index (χ3v) is 4.19. The maximum Gasteiger partial charge on any atom is 0.323 e. The number of fused-ring (bicyclic) bond motifs is 1. The molecule has 0 saturated heterocycles. The van der Waals surface area contributed by atoms with Gasteiger partial charge in [-0.25, -0.2) is 0 Å². The number of hydrogen-bond acceptors (Lipinski definition) is 4. The van der Waals surface area contributed by atoms with Crippen LogP contribution in [0.2, 0.25) is 0 Å². The minimum Gasteiger partial charge on any atom is -0.468 e. The Hall–Kier alpha value is -2.56. The van der Waals surface area contributed by atoms with Gasteiger partial charge in [0.15, 0.2) is 5.41 Å². The molecule has 5 heteroatoms. The topological polar surface area (TPSA) is 57.5 Å². The number of nitrogens with zero attached hydrogens (tertiary/aromatic N) is 1. The van der Waals surface area contributed by atoms with Gasteiger partial charge in [0.05, 0.1) is 14.2 Å². The maximum absolute atomic E-state index is 12.1. The van der Waals surface area contributed by atoms with Crippen molar-refractivity contribution >= 4 is 11.9 Å². The highest BCUT2D eigenvalue weighted by Crippen LogP contribution is 2.40. The Morgan fingerprint density at radius 1 is 0.955 bits per heavy atom. The van der Waals surface area contributed by atoms with E-state index in [1.54, 1.807) is 0 Å². The number of carbonyl (C=O) groups is 2. The summed E-state index contributed by atoms with van der Waals surface area (Å²) in [4.78, 5) is 24.3. The number of ether oxygens (including phenoxy) is 2. The molecular formula is C17H17NO4. The summed E-state index contributed by atoms with van der Waals surface area (Å²) in [7, 11) is 2.58. The fourth-order valence-electron chi connectivity index (χ4n) is 3.08. The fraction of sp³-hybridized carbons (Fsp3) is 0.294. The van der Waals surface area contributed by atoms with Crippen LogP contribution in [0.4, 0.5) is 0 Å². The molecule has 1 heterocycles. The summed E-state index contributed by atoms with van der Waals surface area (Å²) in [5, 5.41) is 0. The van der Waals surface area contributed by atoms with E-state index < -0.39 is 17.4 Å². The van der Waals surface area contributed by atoms with E-state index in [1.807, 2.05) is 47.3 Å². The Balaban J connectivity index is 1.94. The van der Waals surface area contributed by atoms with Crippen LogP contribution in [0.1, 0.15) is 11.1 Å². The highest BCUT2D eigenvalue weighted by atomic mass is 16.5. The molecule has 0 N–H and O–H groups in total. The summed E-state index contributed by atoms with van der Waals surface area (Å²) in [5.74, 6) is -1.08. The summed E-state index contributed by atoms with van der Waals surface area (Å²) in [6, 6.07) is 9.90. The number of para-hydroxylation sites is 1. The van der Waals surface area contributed by atoms with Crippen LogP contribution in [0.25, 0.3) is 5.69 Å². The van der Waals surface area contributed by atoms with Crippen LogP contribution in [0.3, 0.4) is 0 Å². The van der Waals surface area contributed by atoms with Crippen molar-refractivity contribution in [1.82, 2.24) is 4.57 Å². The molecule has 1 aliphatic carbocycles. The smallest absolute Gasteiger partial charge is 0.323 e. The summed E-state index contributed by atoms with van der Waals surface area (Å²) in [5.41, 5.74) is 1.74. The van der Waals surface area contributed by atoms with Crippen molar-refractivity contribution in [3.05, 3.63) is 53.9 Å². The van der Waals surface area contributed by atoms with Gasteiger partial charge in [0.1, 0.15) is 0 Å². The van der Waals surface area contributed by atoms with Gasteiger partial charge in [0.2, 0.25) is 0 Å². The first-order valence-electron chi connectivity index (χ1n) is 7.03. The molecule has 3 rings (SSSR count). The largest absolute Gasteiger partial charge is 0.468 e. The van der Waals surface area contributed by atoms with E-state index in [4.69, 9.17) is 9.47 Å². The molecule has 0 amide bonds. The molecule has 0 saturated carbocycles. The lowest BCUT2D eigenvalue weighted by Gasteiger charge is -2.22. The second kappa shape index (κ2) is 5.33. The van der Waals surface area contributed by atoms with Crippen molar-refractivity contribution in [1.29, 1.82) is 0 Å². The SMILES string of the molecule is COC(=O)C1(C(=O)OC)Cc2cn(-c3ccccc3)cc2C1. The van der Waals surface area contributed by atoms with Crippen molar-refractivity contribution in [2.75, 3.05) is 14.2 Å². The molecule has 114 valence electrons. The average molecular weight is 299 g/mol. The van der Waals surface area contributed by atoms with Gasteiger partial charge in [0.25, 0.3) is 0 Å². The number of methoxy groups -OCH3 is 2. The number of benzene rings is 1. The van der Waals surface area contributed by atoms with E-state index in [0.717, 1.165) is 16.8 Å². The lowest BCUT2D eigenvalue weighted by molar-refractivity contribution is -0.168. The highest BCUT2D eigenvalue weighted by Gasteiger charge is 2.53. The van der Waals surface area contributed by atoms with Gasteiger partial charge >= 0.3 is 11.9 Å². The quantitative estimate of drug-likeness (QED) is 0.641. The van der Waals surface area contributed by atoms with E-state index in [2.05, 4.69) is 0 Å². The lowest BCUT2D eigenvalue weighted by Crippen LogP contribution is -2.42. The van der Waals surface area contributed by atoms with Gasteiger partial charge in [-0.3, -0.25) is 9.59 Å². The normalized spacial score (nSPS) is 15.2. The van der Waals surface area contributed by atoms with Crippen LogP contribution >= 0.6 is 0 Å². The van der Waals surface area contributed by atoms with Crippen molar-refractivity contribution in [2.24, 2.45) is 5.41 Å². The second-order valence-electron chi connectivity index (χ2n) is 5.47. The van der Waals surface area contributed by atoms with E-state index in [0.29, 0.717) is 12.8 Å². The molecule has 0 radical (unpaired) electrons. The Labute approximate surface area is 128 Å². The zero-order valence-corrected chi connectivity index (χ0v) is 12.5. The Bertz CT molecular complexity index is 676. The van der Waals surface area contributed by atoms with Crippen LogP contribution in [-0.2, 0) is 31.9 Å². The molecule has 22 heavy (non-hydrogen) atoms. The van der Waals surface area contributed by atoms with Crippen molar-refractivity contribution in [3.63, 3.8) is 0 Å². The molecule has 0 unspecified atom stereocenters. The Kier molecular flexibility index (Phi) is 3.48. The zero-order chi connectivity index (χ0) is 15.7. The van der Waals surface area contributed by atoms with Gasteiger partial charge in [-0.15, -0.1) is 0 Å². The fourth-order valence-corrected chi connectivity index (χ4v) is 3.08. The first-order valence-corrected chi connectivity index (χ1v) is 7.03. The Morgan fingerprint density at radius 3 is 1.91 bits per heavy atom. The Morgan fingerprint density at radius 2 is 1.45 bits per heavy atom. The van der Waals surface area contributed by atoms with Crippen molar-refractivity contribution in [2.45, 2.75) is 12.8 Å². The molecule has 0 bridgehead atoms. The third-order valence-electron chi connectivity index (χ3n) is 4.19. The molecule has 0 fully saturated rings. The highest BCUT2D eigenvalue weighted by molar-refractivity contribution is 6.01. The average Bonchev–Trinajstić information content (AvgIpc) is 3.11. The first-order chi connectivity index (χ1) is 10.6. The van der Waals surface area contributed by atoms with E-state index in [-0.39, 0.29) is 0 Å². The minimum absolute atomic E-state index is 0.307. The summed E-state index contributed by atoms with van der Waals surface area (Å²) in [6.45, 7) is 0. The number of esters is 2. The third kappa shape index (κ3) is 2.09. The van der Waals surface area contributed by atoms with Gasteiger partial charge in [-0.2, -0.15) is 0 Å². The monoisotopic (exact) mass is 299 g/mol. The number of rotatable bonds is 3. The second-order valence-corrected chi connectivity index (χ2v) is 5.47. The molecule has 0 aliphatic heterocycles. The molecule has 1 aromatic heterocycles. The van der Waals surface area contributed by atoms with Gasteiger partial charge in [0, 0.05) is 30.9 Å². The summed E-state index contributed by atoms with van der Waals surface area (Å²) >= 11 is 0. The van der Waals surface area contributed by atoms with Crippen LogP contribution < -0.4 is 0 Å². The summed E-state index contributed by atoms with van der Waals surface area (Å²) in [6.07, 6.45) is 4.53. The van der Waals surface area contributed by atoms with E-state index in [1.165, 1.54) is 14.2 Å². The van der Waals surface area contributed by atoms with E-state index in [9.17, 15) is 9.59 Å². The van der Waals surface area contributed by atoms with Gasteiger partial charge in [-0.1, -0.05) is 18.2 Å². The minimum atomic E-state index is -1.25. The van der Waals surface area contributed by atoms with Gasteiger partial charge in [-0.05, 0) is 23.3 Å². The molecule has 0 atom stereocenters. The molecule has 0 spiro atoms. The van der Waals surface area contributed by atoms with Gasteiger partial charge < -0.3 is 14.0 Å². The lowest BCUT2D eigenvalue weighted by atomic mass is 9.84. The standard InChI is InChI=1S/C17H17NO4/c1-21-15(19)17(16(20)22-2)8-12-10-18(11-13(12)9-17)14-6-4-3-5-7-14/h3-7,10-11H,8-9H2,1-2H3. The predicted molar refractivity (Wildman–Crippen MR) is 79.6 cm³/mol. The zero-order valence-electron chi connectivity index (χ0n) is 12.5. The van der Waals surface area contributed by atoms with E-state index >= 15 is 0 Å². The maximum atomic E-state index is 12.1. The molecule has 1 aliphatic rings. The van der Waals surface area contributed by atoms with Crippen LogP contribution in [0.5, 0.6) is 0 Å². The molecule has 2 aromatic rings. The van der Waals surface area contributed by atoms with Crippen LogP contribution in [0.15, 0.2) is 42.7 Å². The number of carbonyl (C=O) groups excluding carboxylic acids is 2. The first kappa shape index (κ1) is 14.4. The predicted octanol–water partition coefficient (Wildman–Crippen LogP) is 1.91. The molecular weight excluding hydrogens is 282 g/mol. The van der Waals surface area contributed by atoms with Crippen LogP contribution in [-0.4, -0.2) is 30.7 Å². The van der Waals surface area contributed by atoms with Crippen molar-refractivity contribution in [3.8, 4) is 5.69 Å². The number of aromatic nitrogens is 1. The molecule has 1 aromatic carbocycles. The van der Waals surface area contributed by atoms with Crippen molar-refractivity contribution < 1.29 is 19.1 Å². The number of hydrogen-bond donors (Lipinski definition) is 0.